The second-order valence-corrected chi connectivity index (χ2v) is 6.77. The summed E-state index contributed by atoms with van der Waals surface area (Å²) in [4.78, 5) is 17.0. The minimum atomic E-state index is -0.204. The van der Waals surface area contributed by atoms with E-state index in [0.29, 0.717) is 32.5 Å². The van der Waals surface area contributed by atoms with Crippen molar-refractivity contribution >= 4 is 58.1 Å². The molecule has 0 saturated carbocycles. The highest BCUT2D eigenvalue weighted by Crippen LogP contribution is 2.22. The van der Waals surface area contributed by atoms with Crippen LogP contribution >= 0.6 is 46.4 Å². The van der Waals surface area contributed by atoms with Crippen molar-refractivity contribution in [3.8, 4) is 0 Å². The lowest BCUT2D eigenvalue weighted by Gasteiger charge is -2.15. The van der Waals surface area contributed by atoms with Gasteiger partial charge in [0.15, 0.2) is 12.4 Å². The van der Waals surface area contributed by atoms with E-state index in [1.165, 1.54) is 12.3 Å². The molecule has 1 unspecified atom stereocenters. The summed E-state index contributed by atoms with van der Waals surface area (Å²) >= 11 is 23.8. The summed E-state index contributed by atoms with van der Waals surface area (Å²) in [6.07, 6.45) is 1.42. The van der Waals surface area contributed by atoms with Crippen molar-refractivity contribution in [2.45, 2.75) is 6.54 Å². The van der Waals surface area contributed by atoms with E-state index < -0.39 is 0 Å². The van der Waals surface area contributed by atoms with Gasteiger partial charge in [-0.2, -0.15) is 0 Å². The molecule has 0 aliphatic rings. The SMILES string of the molecule is C[NH+](CC(=O)Nc1ncc(Cl)cc1Cl)Cc1ccc(Cl)cc1Cl. The van der Waals surface area contributed by atoms with E-state index in [-0.39, 0.29) is 12.5 Å². The number of benzene rings is 1. The second kappa shape index (κ2) is 8.18. The standard InChI is InChI=1S/C15H13Cl4N3O/c1-22(7-9-2-3-10(16)4-12(9)18)8-14(23)21-15-13(19)5-11(17)6-20-15/h2-6H,7-8H2,1H3,(H,20,21,23)/p+1. The van der Waals surface area contributed by atoms with Crippen LogP contribution in [0, 0.1) is 0 Å². The van der Waals surface area contributed by atoms with E-state index in [1.54, 1.807) is 12.1 Å². The molecule has 1 atom stereocenters. The van der Waals surface area contributed by atoms with Crippen LogP contribution in [0.1, 0.15) is 5.56 Å². The smallest absolute Gasteiger partial charge is 0.280 e. The van der Waals surface area contributed by atoms with E-state index in [9.17, 15) is 4.79 Å². The van der Waals surface area contributed by atoms with Gasteiger partial charge in [0.1, 0.15) is 6.54 Å². The van der Waals surface area contributed by atoms with Crippen molar-refractivity contribution in [1.29, 1.82) is 0 Å². The Balaban J connectivity index is 1.94. The Kier molecular flexibility index (Phi) is 6.50. The monoisotopic (exact) mass is 392 g/mol. The normalized spacial score (nSPS) is 12.0. The molecule has 1 heterocycles. The molecule has 2 rings (SSSR count). The molecule has 0 fully saturated rings. The largest absolute Gasteiger partial charge is 0.326 e. The molecule has 0 bridgehead atoms. The molecule has 0 saturated heterocycles. The van der Waals surface area contributed by atoms with E-state index >= 15 is 0 Å². The molecule has 1 aromatic carbocycles. The number of likely N-dealkylation sites (N-methyl/N-ethyl adjacent to an activating group) is 1. The van der Waals surface area contributed by atoms with Gasteiger partial charge >= 0.3 is 0 Å². The first-order chi connectivity index (χ1) is 10.8. The molecule has 1 amide bonds. The zero-order valence-corrected chi connectivity index (χ0v) is 15.2. The van der Waals surface area contributed by atoms with Gasteiger partial charge in [-0.25, -0.2) is 4.98 Å². The lowest BCUT2D eigenvalue weighted by Crippen LogP contribution is -3.08. The predicted molar refractivity (Wildman–Crippen MR) is 94.8 cm³/mol. The van der Waals surface area contributed by atoms with Gasteiger partial charge in [-0.1, -0.05) is 52.5 Å². The first-order valence-corrected chi connectivity index (χ1v) is 8.22. The van der Waals surface area contributed by atoms with E-state index in [4.69, 9.17) is 46.4 Å². The Bertz CT molecular complexity index is 724. The topological polar surface area (TPSA) is 46.4 Å². The average molecular weight is 394 g/mol. The van der Waals surface area contributed by atoms with Crippen LogP contribution < -0.4 is 10.2 Å². The third-order valence-electron chi connectivity index (χ3n) is 3.04. The van der Waals surface area contributed by atoms with Crippen molar-refractivity contribution < 1.29 is 9.69 Å². The number of aromatic nitrogens is 1. The van der Waals surface area contributed by atoms with Gasteiger partial charge in [0.2, 0.25) is 0 Å². The van der Waals surface area contributed by atoms with Crippen molar-refractivity contribution in [1.82, 2.24) is 4.98 Å². The lowest BCUT2D eigenvalue weighted by atomic mass is 10.2. The molecule has 2 aromatic rings. The number of nitrogens with one attached hydrogen (secondary N) is 2. The minimum absolute atomic E-state index is 0.204. The van der Waals surface area contributed by atoms with Crippen LogP contribution in [0.4, 0.5) is 5.82 Å². The fourth-order valence-corrected chi connectivity index (χ4v) is 2.91. The van der Waals surface area contributed by atoms with Gasteiger partial charge in [-0.15, -0.1) is 0 Å². The van der Waals surface area contributed by atoms with Crippen LogP contribution in [0.5, 0.6) is 0 Å². The highest BCUT2D eigenvalue weighted by atomic mass is 35.5. The molecule has 4 nitrogen and oxygen atoms in total. The molecule has 1 aromatic heterocycles. The fraction of sp³-hybridized carbons (Fsp3) is 0.200. The second-order valence-electron chi connectivity index (χ2n) is 5.08. The van der Waals surface area contributed by atoms with Crippen molar-refractivity contribution in [3.05, 3.63) is 56.1 Å². The molecule has 8 heteroatoms. The number of carbonyl (C=O) groups excluding carboxylic acids is 1. The number of pyridine rings is 1. The van der Waals surface area contributed by atoms with Crippen LogP contribution in [0.3, 0.4) is 0 Å². The van der Waals surface area contributed by atoms with Gasteiger partial charge in [0.25, 0.3) is 5.91 Å². The third-order valence-corrected chi connectivity index (χ3v) is 4.12. The number of amides is 1. The molecule has 122 valence electrons. The van der Waals surface area contributed by atoms with Crippen LogP contribution in [0.15, 0.2) is 30.5 Å². The number of rotatable bonds is 5. The quantitative estimate of drug-likeness (QED) is 0.818. The van der Waals surface area contributed by atoms with Crippen molar-refractivity contribution in [3.63, 3.8) is 0 Å². The van der Waals surface area contributed by atoms with E-state index in [0.717, 1.165) is 10.5 Å². The average Bonchev–Trinajstić information content (AvgIpc) is 2.45. The van der Waals surface area contributed by atoms with Crippen LogP contribution in [-0.4, -0.2) is 24.5 Å². The van der Waals surface area contributed by atoms with Gasteiger partial charge in [-0.05, 0) is 18.2 Å². The molecule has 0 aliphatic carbocycles. The maximum Gasteiger partial charge on any atom is 0.280 e. The zero-order valence-electron chi connectivity index (χ0n) is 12.2. The third kappa shape index (κ3) is 5.52. The number of halogens is 4. The van der Waals surface area contributed by atoms with Crippen molar-refractivity contribution in [2.75, 3.05) is 18.9 Å². The van der Waals surface area contributed by atoms with E-state index in [2.05, 4.69) is 10.3 Å². The highest BCUT2D eigenvalue weighted by Gasteiger charge is 2.14. The number of carbonyl (C=O) groups is 1. The van der Waals surface area contributed by atoms with Gasteiger partial charge < -0.3 is 10.2 Å². The summed E-state index contributed by atoms with van der Waals surface area (Å²) in [6, 6.07) is 6.83. The summed E-state index contributed by atoms with van der Waals surface area (Å²) in [5.74, 6) is 0.0858. The molecule has 0 aliphatic heterocycles. The van der Waals surface area contributed by atoms with E-state index in [1.807, 2.05) is 13.1 Å². The fourth-order valence-electron chi connectivity index (χ4n) is 2.01. The summed E-state index contributed by atoms with van der Waals surface area (Å²) in [6.45, 7) is 0.824. The zero-order chi connectivity index (χ0) is 17.0. The number of hydrogen-bond donors (Lipinski definition) is 2. The van der Waals surface area contributed by atoms with Crippen LogP contribution in [-0.2, 0) is 11.3 Å². The van der Waals surface area contributed by atoms with Gasteiger partial charge in [0.05, 0.1) is 22.1 Å². The Labute approximate surface area is 154 Å². The predicted octanol–water partition coefficient (Wildman–Crippen LogP) is 3.35. The Morgan fingerprint density at radius 1 is 1.13 bits per heavy atom. The lowest BCUT2D eigenvalue weighted by molar-refractivity contribution is -0.885. The molecule has 23 heavy (non-hydrogen) atoms. The number of hydrogen-bond acceptors (Lipinski definition) is 2. The Morgan fingerprint density at radius 2 is 1.83 bits per heavy atom. The number of anilines is 1. The number of nitrogens with zero attached hydrogens (tertiary/aromatic N) is 1. The molecule has 0 radical (unpaired) electrons. The summed E-state index contributed by atoms with van der Waals surface area (Å²) in [7, 11) is 1.89. The maximum absolute atomic E-state index is 12.1. The number of quaternary nitrogens is 1. The van der Waals surface area contributed by atoms with Crippen LogP contribution in [0.2, 0.25) is 20.1 Å². The highest BCUT2D eigenvalue weighted by molar-refractivity contribution is 6.36. The molecular formula is C15H14Cl4N3O+. The van der Waals surface area contributed by atoms with Gasteiger partial charge in [-0.3, -0.25) is 4.79 Å². The Hall–Kier alpha value is -1.04. The van der Waals surface area contributed by atoms with Crippen LogP contribution in [0.25, 0.3) is 0 Å². The molecule has 0 spiro atoms. The summed E-state index contributed by atoms with van der Waals surface area (Å²) < 4.78 is 0. The Morgan fingerprint density at radius 3 is 2.48 bits per heavy atom. The summed E-state index contributed by atoms with van der Waals surface area (Å²) in [5.41, 5.74) is 0.920. The summed E-state index contributed by atoms with van der Waals surface area (Å²) in [5, 5.41) is 4.53. The molecular weight excluding hydrogens is 380 g/mol. The first kappa shape index (κ1) is 18.3. The minimum Gasteiger partial charge on any atom is -0.326 e. The van der Waals surface area contributed by atoms with Crippen molar-refractivity contribution in [2.24, 2.45) is 0 Å². The molecule has 2 N–H and O–H groups in total. The maximum atomic E-state index is 12.1. The van der Waals surface area contributed by atoms with Gasteiger partial charge in [0, 0.05) is 16.8 Å². The first-order valence-electron chi connectivity index (χ1n) is 6.71.